The van der Waals surface area contributed by atoms with Gasteiger partial charge >= 0.3 is 17.8 Å². The number of carboxylic acid groups (broad SMARTS) is 1. The van der Waals surface area contributed by atoms with Gasteiger partial charge in [0.15, 0.2) is 0 Å². The predicted molar refractivity (Wildman–Crippen MR) is 124 cm³/mol. The van der Waals surface area contributed by atoms with Gasteiger partial charge < -0.3 is 19.0 Å². The summed E-state index contributed by atoms with van der Waals surface area (Å²) < 4.78 is 56.8. The van der Waals surface area contributed by atoms with E-state index < -0.39 is 23.3 Å². The molecule has 0 spiro atoms. The van der Waals surface area contributed by atoms with Crippen molar-refractivity contribution in [3.05, 3.63) is 68.5 Å². The summed E-state index contributed by atoms with van der Waals surface area (Å²) in [6, 6.07) is 7.99. The molecule has 1 N–H and O–H groups in total. The van der Waals surface area contributed by atoms with Crippen LogP contribution in [0.5, 0.6) is 11.5 Å². The van der Waals surface area contributed by atoms with Gasteiger partial charge in [-0.15, -0.1) is 0 Å². The molecule has 0 aliphatic carbocycles. The van der Waals surface area contributed by atoms with Crippen molar-refractivity contribution in [3.8, 4) is 11.5 Å². The first kappa shape index (κ1) is 26.4. The van der Waals surface area contributed by atoms with Gasteiger partial charge in [-0.2, -0.15) is 13.2 Å². The smallest absolute Gasteiger partial charge is 0.417 e. The number of carboxylic acids is 1. The van der Waals surface area contributed by atoms with Crippen LogP contribution in [0.2, 0.25) is 5.02 Å². The highest BCUT2D eigenvalue weighted by molar-refractivity contribution is 6.32. The molecule has 0 aliphatic heterocycles. The minimum Gasteiger partial charge on any atom is -0.493 e. The summed E-state index contributed by atoms with van der Waals surface area (Å²) in [7, 11) is 0. The molecule has 0 amide bonds. The van der Waals surface area contributed by atoms with Gasteiger partial charge in [0, 0.05) is 17.0 Å². The largest absolute Gasteiger partial charge is 0.493 e. The van der Waals surface area contributed by atoms with Crippen LogP contribution in [-0.4, -0.2) is 24.3 Å². The van der Waals surface area contributed by atoms with E-state index >= 15 is 0 Å². The standard InChI is InChI=1S/C25H24ClF3O6/c1-2-5-17-20(9-7-16-18(25(27,28)29)14-23(32)35-24(16)17)33-10-3-4-11-34-21-8-6-15(12-19(21)26)13-22(30)31/h6-9,12,14H,2-5,10-11,13H2,1H3,(H,30,31). The lowest BCUT2D eigenvalue weighted by atomic mass is 10.0. The van der Waals surface area contributed by atoms with Crippen molar-refractivity contribution < 1.29 is 37.0 Å². The minimum absolute atomic E-state index is 0.103. The van der Waals surface area contributed by atoms with E-state index in [0.29, 0.717) is 66.0 Å². The number of aliphatic carboxylic acids is 1. The maximum atomic E-state index is 13.4. The van der Waals surface area contributed by atoms with E-state index in [2.05, 4.69) is 0 Å². The molecule has 10 heteroatoms. The normalized spacial score (nSPS) is 11.6. The third kappa shape index (κ3) is 6.91. The fourth-order valence-electron chi connectivity index (χ4n) is 3.63. The summed E-state index contributed by atoms with van der Waals surface area (Å²) in [5, 5.41) is 8.98. The molecule has 0 saturated heterocycles. The van der Waals surface area contributed by atoms with Crippen molar-refractivity contribution in [3.63, 3.8) is 0 Å². The average Bonchev–Trinajstić information content (AvgIpc) is 2.77. The Kier molecular flexibility index (Phi) is 8.67. The van der Waals surface area contributed by atoms with Crippen LogP contribution in [0, 0.1) is 0 Å². The molecule has 3 aromatic rings. The highest BCUT2D eigenvalue weighted by Gasteiger charge is 2.34. The van der Waals surface area contributed by atoms with Crippen LogP contribution in [0.15, 0.2) is 45.6 Å². The summed E-state index contributed by atoms with van der Waals surface area (Å²) in [6.07, 6.45) is -2.61. The molecule has 35 heavy (non-hydrogen) atoms. The van der Waals surface area contributed by atoms with Crippen molar-refractivity contribution in [2.75, 3.05) is 13.2 Å². The fourth-order valence-corrected chi connectivity index (χ4v) is 3.89. The van der Waals surface area contributed by atoms with E-state index in [1.54, 1.807) is 18.2 Å². The Balaban J connectivity index is 1.62. The van der Waals surface area contributed by atoms with Crippen LogP contribution >= 0.6 is 11.6 Å². The van der Waals surface area contributed by atoms with Gasteiger partial charge in [0.25, 0.3) is 0 Å². The molecular weight excluding hydrogens is 489 g/mol. The number of carbonyl (C=O) groups is 1. The van der Waals surface area contributed by atoms with E-state index in [9.17, 15) is 22.8 Å². The van der Waals surface area contributed by atoms with Crippen LogP contribution in [0.3, 0.4) is 0 Å². The lowest BCUT2D eigenvalue weighted by Crippen LogP contribution is -2.12. The number of benzene rings is 2. The maximum Gasteiger partial charge on any atom is 0.417 e. The molecule has 0 aliphatic rings. The zero-order valence-electron chi connectivity index (χ0n) is 18.9. The van der Waals surface area contributed by atoms with E-state index in [1.807, 2.05) is 6.92 Å². The number of alkyl halides is 3. The van der Waals surface area contributed by atoms with Crippen LogP contribution < -0.4 is 15.1 Å². The lowest BCUT2D eigenvalue weighted by Gasteiger charge is -2.15. The van der Waals surface area contributed by atoms with Crippen LogP contribution in [0.1, 0.15) is 42.9 Å². The third-order valence-electron chi connectivity index (χ3n) is 5.18. The van der Waals surface area contributed by atoms with Gasteiger partial charge in [-0.1, -0.05) is 31.0 Å². The Morgan fingerprint density at radius 1 is 1.06 bits per heavy atom. The predicted octanol–water partition coefficient (Wildman–Crippen LogP) is 6.28. The molecule has 0 unspecified atom stereocenters. The van der Waals surface area contributed by atoms with Crippen molar-refractivity contribution in [1.82, 2.24) is 0 Å². The molecule has 0 saturated carbocycles. The molecule has 0 radical (unpaired) electrons. The Bertz CT molecular complexity index is 1250. The average molecular weight is 513 g/mol. The van der Waals surface area contributed by atoms with Crippen LogP contribution in [-0.2, 0) is 23.8 Å². The third-order valence-corrected chi connectivity index (χ3v) is 5.48. The minimum atomic E-state index is -4.68. The molecule has 1 heterocycles. The highest BCUT2D eigenvalue weighted by atomic mass is 35.5. The number of ether oxygens (including phenoxy) is 2. The van der Waals surface area contributed by atoms with E-state index in [1.165, 1.54) is 12.1 Å². The van der Waals surface area contributed by atoms with Gasteiger partial charge in [0.05, 0.1) is 30.2 Å². The molecule has 0 bridgehead atoms. The van der Waals surface area contributed by atoms with Gasteiger partial charge in [-0.3, -0.25) is 4.79 Å². The number of rotatable bonds is 11. The number of hydrogen-bond donors (Lipinski definition) is 1. The van der Waals surface area contributed by atoms with E-state index in [4.69, 9.17) is 30.6 Å². The quantitative estimate of drug-likeness (QED) is 0.240. The first-order valence-corrected chi connectivity index (χ1v) is 11.4. The molecule has 188 valence electrons. The summed E-state index contributed by atoms with van der Waals surface area (Å²) in [5.74, 6) is -0.136. The van der Waals surface area contributed by atoms with Gasteiger partial charge in [-0.05, 0) is 49.1 Å². The molecule has 6 nitrogen and oxygen atoms in total. The zero-order chi connectivity index (χ0) is 25.6. The van der Waals surface area contributed by atoms with E-state index in [0.717, 1.165) is 0 Å². The number of aryl methyl sites for hydroxylation is 1. The Labute approximate surface area is 204 Å². The second-order valence-corrected chi connectivity index (χ2v) is 8.29. The number of fused-ring (bicyclic) bond motifs is 1. The lowest BCUT2D eigenvalue weighted by molar-refractivity contribution is -0.137. The molecule has 0 atom stereocenters. The number of unbranched alkanes of at least 4 members (excludes halogenated alkanes) is 1. The summed E-state index contributed by atoms with van der Waals surface area (Å²) in [6.45, 7) is 2.48. The number of hydrogen-bond acceptors (Lipinski definition) is 5. The topological polar surface area (TPSA) is 86.0 Å². The second-order valence-electron chi connectivity index (χ2n) is 7.89. The Morgan fingerprint density at radius 2 is 1.71 bits per heavy atom. The maximum absolute atomic E-state index is 13.4. The number of halogens is 4. The Hall–Kier alpha value is -3.20. The summed E-state index contributed by atoms with van der Waals surface area (Å²) in [4.78, 5) is 22.6. The van der Waals surface area contributed by atoms with Crippen molar-refractivity contribution in [2.24, 2.45) is 0 Å². The second kappa shape index (κ2) is 11.5. The SMILES string of the molecule is CCCc1c(OCCCCOc2ccc(CC(=O)O)cc2Cl)ccc2c(C(F)(F)F)cc(=O)oc12. The van der Waals surface area contributed by atoms with Crippen LogP contribution in [0.4, 0.5) is 13.2 Å². The summed E-state index contributed by atoms with van der Waals surface area (Å²) >= 11 is 6.13. The van der Waals surface area contributed by atoms with Gasteiger partial charge in [0.1, 0.15) is 17.1 Å². The molecule has 1 aromatic heterocycles. The monoisotopic (exact) mass is 512 g/mol. The highest BCUT2D eigenvalue weighted by Crippen LogP contribution is 2.37. The van der Waals surface area contributed by atoms with Gasteiger partial charge in [-0.25, -0.2) is 4.79 Å². The van der Waals surface area contributed by atoms with Crippen molar-refractivity contribution >= 4 is 28.5 Å². The van der Waals surface area contributed by atoms with Crippen molar-refractivity contribution in [1.29, 1.82) is 0 Å². The van der Waals surface area contributed by atoms with Crippen LogP contribution in [0.25, 0.3) is 11.0 Å². The Morgan fingerprint density at radius 3 is 2.31 bits per heavy atom. The van der Waals surface area contributed by atoms with Crippen molar-refractivity contribution in [2.45, 2.75) is 45.2 Å². The molecule has 0 fully saturated rings. The first-order chi connectivity index (χ1) is 16.6. The summed E-state index contributed by atoms with van der Waals surface area (Å²) in [5.41, 5.74) is -1.20. The zero-order valence-corrected chi connectivity index (χ0v) is 19.7. The molecule has 3 rings (SSSR count). The van der Waals surface area contributed by atoms with E-state index in [-0.39, 0.29) is 24.0 Å². The van der Waals surface area contributed by atoms with Gasteiger partial charge in [0.2, 0.25) is 0 Å². The molecule has 2 aromatic carbocycles. The molecular formula is C25H24ClF3O6. The first-order valence-electron chi connectivity index (χ1n) is 11.0. The fraction of sp³-hybridized carbons (Fsp3) is 0.360.